The summed E-state index contributed by atoms with van der Waals surface area (Å²) < 4.78 is 0. The van der Waals surface area contributed by atoms with E-state index in [0.717, 1.165) is 5.52 Å². The molecule has 2 heterocycles. The van der Waals surface area contributed by atoms with Gasteiger partial charge in [-0.15, -0.1) is 0 Å². The summed E-state index contributed by atoms with van der Waals surface area (Å²) in [5, 5.41) is 7.87. The van der Waals surface area contributed by atoms with Gasteiger partial charge < -0.3 is 15.8 Å². The molecule has 0 spiro atoms. The molecule has 0 bridgehead atoms. The van der Waals surface area contributed by atoms with Gasteiger partial charge in [-0.05, 0) is 6.92 Å². The number of hydrogen-bond acceptors (Lipinski definition) is 5. The average molecular weight is 209 g/mol. The van der Waals surface area contributed by atoms with E-state index < -0.39 is 12.0 Å². The van der Waals surface area contributed by atoms with Crippen molar-refractivity contribution in [2.75, 3.05) is 0 Å². The first-order valence-electron chi connectivity index (χ1n) is 4.18. The number of H-pyrrole nitrogens is 1. The van der Waals surface area contributed by atoms with Crippen molar-refractivity contribution in [3.05, 3.63) is 18.9 Å². The van der Waals surface area contributed by atoms with Crippen LogP contribution in [0.4, 0.5) is 0 Å². The highest BCUT2D eigenvalue weighted by Crippen LogP contribution is 1.99. The van der Waals surface area contributed by atoms with E-state index >= 15 is 0 Å². The van der Waals surface area contributed by atoms with Gasteiger partial charge >= 0.3 is 5.97 Å². The van der Waals surface area contributed by atoms with Crippen LogP contribution in [0.1, 0.15) is 6.92 Å². The second-order valence-electron chi connectivity index (χ2n) is 2.79. The number of nitrogens with one attached hydrogen (secondary N) is 1. The normalized spacial score (nSPS) is 11.6. The van der Waals surface area contributed by atoms with Crippen LogP contribution < -0.4 is 5.73 Å². The van der Waals surface area contributed by atoms with E-state index in [-0.39, 0.29) is 0 Å². The molecule has 0 fully saturated rings. The molecule has 7 nitrogen and oxygen atoms in total. The number of fused-ring (bicyclic) bond motifs is 1. The highest BCUT2D eigenvalue weighted by molar-refractivity contribution is 5.72. The fraction of sp³-hybridized carbons (Fsp3) is 0.250. The van der Waals surface area contributed by atoms with Crippen LogP contribution in [0, 0.1) is 0 Å². The first-order chi connectivity index (χ1) is 7.11. The topological polar surface area (TPSA) is 118 Å². The monoisotopic (exact) mass is 209 g/mol. The first-order valence-corrected chi connectivity index (χ1v) is 4.18. The van der Waals surface area contributed by atoms with Crippen molar-refractivity contribution in [3.63, 3.8) is 0 Å². The van der Waals surface area contributed by atoms with E-state index in [1.54, 1.807) is 12.5 Å². The number of imidazole rings is 1. The number of rotatable bonds is 1. The number of carboxylic acids is 1. The summed E-state index contributed by atoms with van der Waals surface area (Å²) in [6, 6.07) is -0.731. The van der Waals surface area contributed by atoms with Crippen LogP contribution in [0.15, 0.2) is 18.9 Å². The Morgan fingerprint density at radius 2 is 2.27 bits per heavy atom. The second kappa shape index (κ2) is 5.01. The third kappa shape index (κ3) is 3.31. The van der Waals surface area contributed by atoms with Crippen LogP contribution in [0.25, 0.3) is 11.2 Å². The molecule has 4 N–H and O–H groups in total. The van der Waals surface area contributed by atoms with Gasteiger partial charge in [-0.3, -0.25) is 4.79 Å². The molecule has 0 aliphatic rings. The molecule has 0 aliphatic heterocycles. The van der Waals surface area contributed by atoms with Gasteiger partial charge in [0, 0.05) is 0 Å². The maximum Gasteiger partial charge on any atom is 0.320 e. The van der Waals surface area contributed by atoms with Crippen molar-refractivity contribution in [2.24, 2.45) is 5.73 Å². The molecule has 2 rings (SSSR count). The molecule has 15 heavy (non-hydrogen) atoms. The quantitative estimate of drug-likeness (QED) is 0.597. The van der Waals surface area contributed by atoms with Crippen molar-refractivity contribution >= 4 is 17.1 Å². The summed E-state index contributed by atoms with van der Waals surface area (Å²) in [6.07, 6.45) is 4.76. The van der Waals surface area contributed by atoms with Gasteiger partial charge in [0.1, 0.15) is 17.9 Å². The molecule has 0 aromatic carbocycles. The Morgan fingerprint density at radius 1 is 1.60 bits per heavy atom. The molecule has 1 atom stereocenters. The summed E-state index contributed by atoms with van der Waals surface area (Å²) in [7, 11) is 0. The second-order valence-corrected chi connectivity index (χ2v) is 2.79. The molecule has 7 heteroatoms. The average Bonchev–Trinajstić information content (AvgIpc) is 2.66. The number of aromatic amines is 1. The van der Waals surface area contributed by atoms with Crippen LogP contribution in [0.3, 0.4) is 0 Å². The zero-order chi connectivity index (χ0) is 11.3. The number of carboxylic acid groups (broad SMARTS) is 1. The lowest BCUT2D eigenvalue weighted by molar-refractivity contribution is -0.138. The lowest BCUT2D eigenvalue weighted by atomic mass is 10.4. The van der Waals surface area contributed by atoms with Crippen molar-refractivity contribution in [1.29, 1.82) is 0 Å². The van der Waals surface area contributed by atoms with E-state index in [1.165, 1.54) is 13.3 Å². The standard InChI is InChI=1S/C5H4N4.C3H7NO2/c1-4-5(8-2-6-1)9-3-7-4;1-2(4)3(5)6/h1-3H,(H,6,7,8,9);2H,4H2,1H3,(H,5,6)/t;2-/m.0/s1. The number of nitrogens with zero attached hydrogens (tertiary/aromatic N) is 3. The summed E-state index contributed by atoms with van der Waals surface area (Å²) in [4.78, 5) is 24.1. The predicted molar refractivity (Wildman–Crippen MR) is 53.0 cm³/mol. The smallest absolute Gasteiger partial charge is 0.320 e. The van der Waals surface area contributed by atoms with Gasteiger partial charge in [-0.1, -0.05) is 0 Å². The highest BCUT2D eigenvalue weighted by atomic mass is 16.4. The fourth-order valence-electron chi connectivity index (χ4n) is 0.691. The van der Waals surface area contributed by atoms with Gasteiger partial charge in [0.15, 0.2) is 5.65 Å². The minimum Gasteiger partial charge on any atom is -0.480 e. The molecular weight excluding hydrogens is 198 g/mol. The molecule has 0 amide bonds. The third-order valence-electron chi connectivity index (χ3n) is 1.49. The summed E-state index contributed by atoms with van der Waals surface area (Å²) in [6.45, 7) is 1.42. The van der Waals surface area contributed by atoms with E-state index in [9.17, 15) is 4.79 Å². The first kappa shape index (κ1) is 11.1. The zero-order valence-electron chi connectivity index (χ0n) is 8.08. The van der Waals surface area contributed by atoms with Crippen LogP contribution in [-0.2, 0) is 4.79 Å². The van der Waals surface area contributed by atoms with Gasteiger partial charge in [0.05, 0.1) is 12.5 Å². The number of hydrogen-bond donors (Lipinski definition) is 3. The molecule has 0 saturated carbocycles. The Morgan fingerprint density at radius 3 is 2.80 bits per heavy atom. The molecule has 0 unspecified atom stereocenters. The number of aromatic nitrogens is 4. The van der Waals surface area contributed by atoms with Crippen molar-refractivity contribution in [1.82, 2.24) is 19.9 Å². The molecule has 0 aliphatic carbocycles. The van der Waals surface area contributed by atoms with Crippen LogP contribution in [-0.4, -0.2) is 37.1 Å². The van der Waals surface area contributed by atoms with Crippen LogP contribution in [0.2, 0.25) is 0 Å². The summed E-state index contributed by atoms with van der Waals surface area (Å²) in [5.74, 6) is -0.963. The summed E-state index contributed by atoms with van der Waals surface area (Å²) >= 11 is 0. The zero-order valence-corrected chi connectivity index (χ0v) is 8.08. The minimum atomic E-state index is -0.963. The Kier molecular flexibility index (Phi) is 3.69. The van der Waals surface area contributed by atoms with E-state index in [0.29, 0.717) is 5.65 Å². The van der Waals surface area contributed by atoms with E-state index in [4.69, 9.17) is 10.8 Å². The number of carbonyl (C=O) groups is 1. The third-order valence-corrected chi connectivity index (χ3v) is 1.49. The van der Waals surface area contributed by atoms with Crippen molar-refractivity contribution in [3.8, 4) is 0 Å². The Bertz CT molecular complexity index is 409. The Balaban J connectivity index is 0.000000167. The van der Waals surface area contributed by atoms with Crippen LogP contribution >= 0.6 is 0 Å². The van der Waals surface area contributed by atoms with E-state index in [2.05, 4.69) is 19.9 Å². The fourth-order valence-corrected chi connectivity index (χ4v) is 0.691. The predicted octanol–water partition coefficient (Wildman–Crippen LogP) is -0.229. The molecule has 0 radical (unpaired) electrons. The molecule has 2 aromatic rings. The SMILES string of the molecule is C[C@H](N)C(=O)O.c1ncc2[nH]cnc2n1. The van der Waals surface area contributed by atoms with Crippen molar-refractivity contribution < 1.29 is 9.90 Å². The Labute approximate surface area is 85.4 Å². The molecular formula is C8H11N5O2. The number of aliphatic carboxylic acids is 1. The number of nitrogens with two attached hydrogens (primary N) is 1. The van der Waals surface area contributed by atoms with Gasteiger partial charge in [0.25, 0.3) is 0 Å². The molecule has 0 saturated heterocycles. The maximum atomic E-state index is 9.57. The van der Waals surface area contributed by atoms with Crippen molar-refractivity contribution in [2.45, 2.75) is 13.0 Å². The maximum absolute atomic E-state index is 9.57. The van der Waals surface area contributed by atoms with Gasteiger partial charge in [-0.2, -0.15) is 0 Å². The van der Waals surface area contributed by atoms with Gasteiger partial charge in [-0.25, -0.2) is 15.0 Å². The Hall–Kier alpha value is -2.02. The van der Waals surface area contributed by atoms with E-state index in [1.807, 2.05) is 0 Å². The lowest BCUT2D eigenvalue weighted by Crippen LogP contribution is -2.25. The lowest BCUT2D eigenvalue weighted by Gasteiger charge is -1.90. The minimum absolute atomic E-state index is 0.713. The highest BCUT2D eigenvalue weighted by Gasteiger charge is 1.99. The largest absolute Gasteiger partial charge is 0.480 e. The van der Waals surface area contributed by atoms with Crippen LogP contribution in [0.5, 0.6) is 0 Å². The molecule has 80 valence electrons. The van der Waals surface area contributed by atoms with Gasteiger partial charge in [0.2, 0.25) is 0 Å². The molecule has 2 aromatic heterocycles. The summed E-state index contributed by atoms with van der Waals surface area (Å²) in [5.41, 5.74) is 6.42.